The first-order chi connectivity index (χ1) is 12.1. The molecule has 0 radical (unpaired) electrons. The zero-order valence-electron chi connectivity index (χ0n) is 16.1. The number of fused-ring (bicyclic) bond motifs is 1. The lowest BCUT2D eigenvalue weighted by atomic mass is 9.82. The first-order valence-corrected chi connectivity index (χ1v) is 9.00. The van der Waals surface area contributed by atoms with Crippen molar-refractivity contribution in [3.63, 3.8) is 0 Å². The summed E-state index contributed by atoms with van der Waals surface area (Å²) in [4.78, 5) is 24.6. The molecule has 0 spiro atoms. The van der Waals surface area contributed by atoms with E-state index in [1.165, 1.54) is 0 Å². The van der Waals surface area contributed by atoms with Crippen LogP contribution in [0.15, 0.2) is 34.7 Å². The Morgan fingerprint density at radius 1 is 1.15 bits per heavy atom. The number of hydrogen-bond donors (Lipinski definition) is 1. The Balaban J connectivity index is 2.34. The zero-order valence-corrected chi connectivity index (χ0v) is 16.1. The van der Waals surface area contributed by atoms with Crippen LogP contribution in [-0.4, -0.2) is 22.6 Å². The van der Waals surface area contributed by atoms with Crippen molar-refractivity contribution in [2.75, 3.05) is 0 Å². The number of hydrogen-bond acceptors (Lipinski definition) is 4. The quantitative estimate of drug-likeness (QED) is 0.726. The SMILES string of the molecule is CC(C)CC(C(=O)O)C(Cc1cc2ccccc2o1)C(=O)OC(C)(C)C. The Morgan fingerprint density at radius 3 is 2.35 bits per heavy atom. The Kier molecular flexibility index (Phi) is 6.11. The molecule has 1 aromatic carbocycles. The van der Waals surface area contributed by atoms with Crippen molar-refractivity contribution in [3.8, 4) is 0 Å². The van der Waals surface area contributed by atoms with Gasteiger partial charge in [0.25, 0.3) is 0 Å². The Labute approximate surface area is 154 Å². The summed E-state index contributed by atoms with van der Waals surface area (Å²) in [5.41, 5.74) is 0.0468. The number of carboxylic acids is 1. The summed E-state index contributed by atoms with van der Waals surface area (Å²) in [5.74, 6) is -2.35. The number of para-hydroxylation sites is 1. The lowest BCUT2D eigenvalue weighted by Gasteiger charge is -2.27. The monoisotopic (exact) mass is 360 g/mol. The number of benzene rings is 1. The Hall–Kier alpha value is -2.30. The molecule has 142 valence electrons. The number of esters is 1. The molecule has 0 saturated carbocycles. The molecule has 0 aliphatic heterocycles. The van der Waals surface area contributed by atoms with E-state index in [-0.39, 0.29) is 12.3 Å². The summed E-state index contributed by atoms with van der Waals surface area (Å²) in [6, 6.07) is 9.42. The molecule has 2 unspecified atom stereocenters. The van der Waals surface area contributed by atoms with E-state index in [9.17, 15) is 14.7 Å². The van der Waals surface area contributed by atoms with Crippen molar-refractivity contribution < 1.29 is 23.8 Å². The molecule has 1 heterocycles. The molecular formula is C21H28O5. The second kappa shape index (κ2) is 7.94. The lowest BCUT2D eigenvalue weighted by Crippen LogP contribution is -2.37. The van der Waals surface area contributed by atoms with Gasteiger partial charge in [-0.3, -0.25) is 9.59 Å². The van der Waals surface area contributed by atoms with Gasteiger partial charge in [0, 0.05) is 11.8 Å². The van der Waals surface area contributed by atoms with Crippen LogP contribution in [-0.2, 0) is 20.7 Å². The summed E-state index contributed by atoms with van der Waals surface area (Å²) in [6.45, 7) is 9.23. The zero-order chi connectivity index (χ0) is 19.5. The average molecular weight is 360 g/mol. The van der Waals surface area contributed by atoms with E-state index in [2.05, 4.69) is 0 Å². The van der Waals surface area contributed by atoms with E-state index >= 15 is 0 Å². The highest BCUT2D eigenvalue weighted by Crippen LogP contribution is 2.29. The van der Waals surface area contributed by atoms with Gasteiger partial charge in [0.15, 0.2) is 0 Å². The summed E-state index contributed by atoms with van der Waals surface area (Å²) >= 11 is 0. The van der Waals surface area contributed by atoms with Gasteiger partial charge < -0.3 is 14.3 Å². The normalized spacial score (nSPS) is 14.4. The van der Waals surface area contributed by atoms with E-state index in [0.29, 0.717) is 12.2 Å². The van der Waals surface area contributed by atoms with Gasteiger partial charge in [-0.15, -0.1) is 0 Å². The van der Waals surface area contributed by atoms with Crippen molar-refractivity contribution in [1.82, 2.24) is 0 Å². The van der Waals surface area contributed by atoms with E-state index in [0.717, 1.165) is 11.0 Å². The van der Waals surface area contributed by atoms with E-state index in [1.54, 1.807) is 20.8 Å². The van der Waals surface area contributed by atoms with Crippen molar-refractivity contribution in [2.24, 2.45) is 17.8 Å². The topological polar surface area (TPSA) is 76.7 Å². The van der Waals surface area contributed by atoms with Gasteiger partial charge in [-0.2, -0.15) is 0 Å². The lowest BCUT2D eigenvalue weighted by molar-refractivity contribution is -0.167. The third-order valence-corrected chi connectivity index (χ3v) is 4.14. The highest BCUT2D eigenvalue weighted by molar-refractivity contribution is 5.82. The molecule has 5 nitrogen and oxygen atoms in total. The van der Waals surface area contributed by atoms with Crippen LogP contribution < -0.4 is 0 Å². The second-order valence-electron chi connectivity index (χ2n) is 8.17. The minimum absolute atomic E-state index is 0.150. The molecule has 0 bridgehead atoms. The molecule has 1 N–H and O–H groups in total. The molecule has 2 rings (SSSR count). The molecule has 5 heteroatoms. The molecular weight excluding hydrogens is 332 g/mol. The number of ether oxygens (including phenoxy) is 1. The van der Waals surface area contributed by atoms with Crippen LogP contribution in [0.4, 0.5) is 0 Å². The summed E-state index contributed by atoms with van der Waals surface area (Å²) in [7, 11) is 0. The number of aliphatic carboxylic acids is 1. The standard InChI is InChI=1S/C21H28O5/c1-13(2)10-16(19(22)23)17(20(24)26-21(3,4)5)12-15-11-14-8-6-7-9-18(14)25-15/h6-9,11,13,16-17H,10,12H2,1-5H3,(H,22,23). The van der Waals surface area contributed by atoms with Crippen LogP contribution in [0.2, 0.25) is 0 Å². The average Bonchev–Trinajstić information content (AvgIpc) is 2.90. The fraction of sp³-hybridized carbons (Fsp3) is 0.524. The van der Waals surface area contributed by atoms with Crippen LogP contribution >= 0.6 is 0 Å². The summed E-state index contributed by atoms with van der Waals surface area (Å²) < 4.78 is 11.3. The fourth-order valence-electron chi connectivity index (χ4n) is 3.07. The number of carboxylic acid groups (broad SMARTS) is 1. The predicted molar refractivity (Wildman–Crippen MR) is 99.8 cm³/mol. The second-order valence-corrected chi connectivity index (χ2v) is 8.17. The van der Waals surface area contributed by atoms with Gasteiger partial charge in [-0.25, -0.2) is 0 Å². The molecule has 0 fully saturated rings. The first-order valence-electron chi connectivity index (χ1n) is 9.00. The van der Waals surface area contributed by atoms with E-state index < -0.39 is 29.4 Å². The maximum atomic E-state index is 12.8. The highest BCUT2D eigenvalue weighted by Gasteiger charge is 2.37. The van der Waals surface area contributed by atoms with Crippen LogP contribution in [0.1, 0.15) is 46.8 Å². The number of furan rings is 1. The summed E-state index contributed by atoms with van der Waals surface area (Å²) in [5, 5.41) is 10.7. The fourth-order valence-corrected chi connectivity index (χ4v) is 3.07. The van der Waals surface area contributed by atoms with Crippen LogP contribution in [0.3, 0.4) is 0 Å². The third kappa shape index (κ3) is 5.35. The van der Waals surface area contributed by atoms with E-state index in [1.807, 2.05) is 44.2 Å². The highest BCUT2D eigenvalue weighted by atomic mass is 16.6. The van der Waals surface area contributed by atoms with Gasteiger partial charge in [0.1, 0.15) is 16.9 Å². The van der Waals surface area contributed by atoms with Gasteiger partial charge >= 0.3 is 11.9 Å². The van der Waals surface area contributed by atoms with Crippen molar-refractivity contribution in [1.29, 1.82) is 0 Å². The number of carbonyl (C=O) groups is 2. The van der Waals surface area contributed by atoms with E-state index in [4.69, 9.17) is 9.15 Å². The maximum absolute atomic E-state index is 12.8. The van der Waals surface area contributed by atoms with Crippen molar-refractivity contribution in [2.45, 2.75) is 53.1 Å². The molecule has 1 aromatic heterocycles. The molecule has 26 heavy (non-hydrogen) atoms. The van der Waals surface area contributed by atoms with Crippen LogP contribution in [0.5, 0.6) is 0 Å². The predicted octanol–water partition coefficient (Wildman–Crippen LogP) is 4.68. The first kappa shape index (κ1) is 20.0. The molecule has 0 amide bonds. The molecule has 2 atom stereocenters. The minimum atomic E-state index is -0.981. The van der Waals surface area contributed by atoms with Gasteiger partial charge in [-0.05, 0) is 45.2 Å². The van der Waals surface area contributed by atoms with Crippen molar-refractivity contribution in [3.05, 3.63) is 36.1 Å². The third-order valence-electron chi connectivity index (χ3n) is 4.14. The largest absolute Gasteiger partial charge is 0.481 e. The van der Waals surface area contributed by atoms with Crippen molar-refractivity contribution >= 4 is 22.9 Å². The molecule has 0 saturated heterocycles. The smallest absolute Gasteiger partial charge is 0.310 e. The molecule has 0 aliphatic rings. The van der Waals surface area contributed by atoms with Gasteiger partial charge in [0.2, 0.25) is 0 Å². The summed E-state index contributed by atoms with van der Waals surface area (Å²) in [6.07, 6.45) is 0.604. The molecule has 2 aromatic rings. The van der Waals surface area contributed by atoms with Gasteiger partial charge in [-0.1, -0.05) is 32.0 Å². The minimum Gasteiger partial charge on any atom is -0.481 e. The number of carbonyl (C=O) groups excluding carboxylic acids is 1. The number of rotatable bonds is 7. The Bertz CT molecular complexity index is 733. The van der Waals surface area contributed by atoms with Crippen LogP contribution in [0.25, 0.3) is 11.0 Å². The Morgan fingerprint density at radius 2 is 1.81 bits per heavy atom. The molecule has 0 aliphatic carbocycles. The maximum Gasteiger partial charge on any atom is 0.310 e. The van der Waals surface area contributed by atoms with Gasteiger partial charge in [0.05, 0.1) is 11.8 Å². The van der Waals surface area contributed by atoms with Crippen LogP contribution in [0, 0.1) is 17.8 Å².